The van der Waals surface area contributed by atoms with Crippen LogP contribution in [0.25, 0.3) is 11.0 Å². The summed E-state index contributed by atoms with van der Waals surface area (Å²) < 4.78 is 7.78. The number of carboxylic acid groups (broad SMARTS) is 1. The summed E-state index contributed by atoms with van der Waals surface area (Å²) in [4.78, 5) is 34.1. The normalized spacial score (nSPS) is 16.4. The van der Waals surface area contributed by atoms with Crippen LogP contribution in [-0.2, 0) is 22.6 Å². The van der Waals surface area contributed by atoms with Crippen LogP contribution in [-0.4, -0.2) is 67.3 Å². The highest BCUT2D eigenvalue weighted by atomic mass is 35.5. The second-order valence-corrected chi connectivity index (χ2v) is 13.9. The Hall–Kier alpha value is -4.07. The van der Waals surface area contributed by atoms with Gasteiger partial charge in [-0.2, -0.15) is 5.26 Å². The van der Waals surface area contributed by atoms with E-state index in [-0.39, 0.29) is 35.5 Å². The number of halogens is 1. The molecule has 0 radical (unpaired) electrons. The largest absolute Gasteiger partial charge is 0.465 e. The van der Waals surface area contributed by atoms with Crippen LogP contribution in [0.5, 0.6) is 0 Å². The number of nitrogens with zero attached hydrogens (tertiary/aromatic N) is 5. The van der Waals surface area contributed by atoms with Crippen LogP contribution in [0, 0.1) is 16.7 Å². The van der Waals surface area contributed by atoms with E-state index < -0.39 is 11.7 Å². The van der Waals surface area contributed by atoms with Crippen molar-refractivity contribution < 1.29 is 19.4 Å². The lowest BCUT2D eigenvalue weighted by atomic mass is 9.87. The van der Waals surface area contributed by atoms with Crippen molar-refractivity contribution >= 4 is 46.3 Å². The van der Waals surface area contributed by atoms with Crippen LogP contribution in [0.4, 0.5) is 16.4 Å². The number of rotatable bonds is 11. The van der Waals surface area contributed by atoms with Gasteiger partial charge in [0.15, 0.2) is 0 Å². The van der Waals surface area contributed by atoms with E-state index in [2.05, 4.69) is 16.0 Å². The molecule has 0 bridgehead atoms. The van der Waals surface area contributed by atoms with E-state index in [1.165, 1.54) is 4.90 Å². The zero-order valence-electron chi connectivity index (χ0n) is 27.8. The summed E-state index contributed by atoms with van der Waals surface area (Å²) in [5.74, 6) is 0.277. The van der Waals surface area contributed by atoms with Gasteiger partial charge in [-0.05, 0) is 94.0 Å². The first-order valence-corrected chi connectivity index (χ1v) is 16.1. The summed E-state index contributed by atoms with van der Waals surface area (Å²) in [6.45, 7) is 15.2. The molecule has 2 N–H and O–H groups in total. The molecule has 246 valence electrons. The van der Waals surface area contributed by atoms with Crippen LogP contribution >= 0.6 is 11.6 Å². The molecule has 2 aromatic carbocycles. The van der Waals surface area contributed by atoms with Crippen LogP contribution < -0.4 is 5.32 Å². The number of likely N-dealkylation sites (tertiary alicyclic amines) is 1. The van der Waals surface area contributed by atoms with E-state index in [4.69, 9.17) is 21.3 Å². The Kier molecular flexibility index (Phi) is 10.7. The molecule has 1 aliphatic rings. The molecule has 0 spiro atoms. The lowest BCUT2D eigenvalue weighted by Crippen LogP contribution is -2.44. The number of fused-ring (bicyclic) bond motifs is 1. The van der Waals surface area contributed by atoms with Crippen molar-refractivity contribution in [3.05, 3.63) is 64.7 Å². The molecule has 1 aromatic heterocycles. The van der Waals surface area contributed by atoms with E-state index in [0.717, 1.165) is 29.6 Å². The first-order valence-electron chi connectivity index (χ1n) is 15.7. The van der Waals surface area contributed by atoms with Crippen molar-refractivity contribution in [2.45, 2.75) is 92.1 Å². The van der Waals surface area contributed by atoms with Gasteiger partial charge in [0.1, 0.15) is 11.6 Å². The average molecular weight is 649 g/mol. The molecule has 4 rings (SSSR count). The molecule has 10 nitrogen and oxygen atoms in total. The Morgan fingerprint density at radius 2 is 1.91 bits per heavy atom. The van der Waals surface area contributed by atoms with Crippen LogP contribution in [0.2, 0.25) is 5.02 Å². The maximum absolute atomic E-state index is 13.7. The molecule has 1 fully saturated rings. The van der Waals surface area contributed by atoms with Crippen LogP contribution in [0.15, 0.2) is 54.1 Å². The predicted molar refractivity (Wildman–Crippen MR) is 181 cm³/mol. The molecule has 2 atom stereocenters. The van der Waals surface area contributed by atoms with Crippen molar-refractivity contribution in [1.82, 2.24) is 19.4 Å². The lowest BCUT2D eigenvalue weighted by Gasteiger charge is -2.36. The van der Waals surface area contributed by atoms with Gasteiger partial charge in [-0.25, -0.2) is 9.78 Å². The molecule has 3 aromatic rings. The molecule has 1 aliphatic heterocycles. The number of ether oxygens (including phenoxy) is 1. The molecule has 46 heavy (non-hydrogen) atoms. The molecule has 2 amide bonds. The highest BCUT2D eigenvalue weighted by Gasteiger charge is 2.33. The molecule has 2 heterocycles. The number of nitrogens with one attached hydrogen (secondary N) is 1. The Bertz CT molecular complexity index is 1630. The van der Waals surface area contributed by atoms with Crippen molar-refractivity contribution in [2.24, 2.45) is 5.41 Å². The Morgan fingerprint density at radius 3 is 2.52 bits per heavy atom. The van der Waals surface area contributed by atoms with Gasteiger partial charge in [0.2, 0.25) is 5.95 Å². The van der Waals surface area contributed by atoms with Gasteiger partial charge >= 0.3 is 6.09 Å². The number of amides is 2. The van der Waals surface area contributed by atoms with Crippen molar-refractivity contribution in [2.75, 3.05) is 18.5 Å². The van der Waals surface area contributed by atoms with E-state index in [9.17, 15) is 20.0 Å². The minimum absolute atomic E-state index is 0.0671. The van der Waals surface area contributed by atoms with Gasteiger partial charge in [0.05, 0.1) is 22.7 Å². The average Bonchev–Trinajstić information content (AvgIpc) is 3.58. The lowest BCUT2D eigenvalue weighted by molar-refractivity contribution is -0.127. The number of aromatic nitrogens is 2. The fourth-order valence-electron chi connectivity index (χ4n) is 5.81. The van der Waals surface area contributed by atoms with Crippen LogP contribution in [0.1, 0.15) is 66.9 Å². The predicted octanol–water partition coefficient (Wildman–Crippen LogP) is 7.60. The molecule has 1 saturated heterocycles. The number of imidazole rings is 1. The number of carbonyl (C=O) groups is 2. The summed E-state index contributed by atoms with van der Waals surface area (Å²) in [6, 6.07) is 14.9. The maximum atomic E-state index is 13.7. The van der Waals surface area contributed by atoms with Gasteiger partial charge < -0.3 is 29.5 Å². The van der Waals surface area contributed by atoms with Gasteiger partial charge in [0, 0.05) is 43.0 Å². The molecular formula is C35H45ClN6O4. The summed E-state index contributed by atoms with van der Waals surface area (Å²) in [5.41, 5.74) is 2.26. The smallest absolute Gasteiger partial charge is 0.407 e. The summed E-state index contributed by atoms with van der Waals surface area (Å²) in [6.07, 6.45) is 2.23. The molecule has 0 aliphatic carbocycles. The molecule has 1 unspecified atom stereocenters. The third-order valence-electron chi connectivity index (χ3n) is 8.62. The standard InChI is InChI=1S/C35H45ClN6O4/c1-8-46-35(6,7)19-25(20-37)31(43)40-17-9-10-28(40)22-42-30-16-11-24(21-41(33(44)45)23(2)34(3,4)5)18-29(30)39-32(42)38-27-14-12-26(36)13-15-27/h11-16,18-19,23,28H,8-10,17,21-22H2,1-7H3,(H,38,39)(H,44,45)/t23-,28?/m0/s1. The summed E-state index contributed by atoms with van der Waals surface area (Å²) in [5, 5.41) is 23.9. The second kappa shape index (κ2) is 14.1. The monoisotopic (exact) mass is 648 g/mol. The molecular weight excluding hydrogens is 604 g/mol. The third-order valence-corrected chi connectivity index (χ3v) is 8.87. The van der Waals surface area contributed by atoms with Gasteiger partial charge in [-0.1, -0.05) is 38.4 Å². The summed E-state index contributed by atoms with van der Waals surface area (Å²) >= 11 is 6.13. The first-order chi connectivity index (χ1) is 21.6. The quantitative estimate of drug-likeness (QED) is 0.162. The topological polar surface area (TPSA) is 124 Å². The van der Waals surface area contributed by atoms with E-state index >= 15 is 0 Å². The second-order valence-electron chi connectivity index (χ2n) is 13.5. The number of nitriles is 1. The Morgan fingerprint density at radius 1 is 1.22 bits per heavy atom. The van der Waals surface area contributed by atoms with E-state index in [0.29, 0.717) is 36.2 Å². The van der Waals surface area contributed by atoms with Gasteiger partial charge in [-0.15, -0.1) is 0 Å². The highest BCUT2D eigenvalue weighted by Crippen LogP contribution is 2.31. The zero-order valence-corrected chi connectivity index (χ0v) is 28.6. The summed E-state index contributed by atoms with van der Waals surface area (Å²) in [7, 11) is 0. The van der Waals surface area contributed by atoms with Crippen molar-refractivity contribution in [1.29, 1.82) is 5.26 Å². The number of anilines is 2. The highest BCUT2D eigenvalue weighted by molar-refractivity contribution is 6.30. The molecule has 11 heteroatoms. The van der Waals surface area contributed by atoms with Crippen molar-refractivity contribution in [3.63, 3.8) is 0 Å². The van der Waals surface area contributed by atoms with Gasteiger partial charge in [0.25, 0.3) is 5.91 Å². The number of hydrogen-bond donors (Lipinski definition) is 2. The minimum Gasteiger partial charge on any atom is -0.465 e. The maximum Gasteiger partial charge on any atom is 0.407 e. The number of benzene rings is 2. The Labute approximate surface area is 276 Å². The number of carbonyl (C=O) groups excluding carboxylic acids is 1. The minimum atomic E-state index is -0.973. The van der Waals surface area contributed by atoms with Crippen molar-refractivity contribution in [3.8, 4) is 6.07 Å². The SMILES string of the molecule is CCOC(C)(C)C=C(C#N)C(=O)N1CCCC1Cn1c(Nc2ccc(Cl)cc2)nc2cc(CN(C(=O)O)[C@@H](C)C(C)(C)C)ccc21. The number of hydrogen-bond acceptors (Lipinski definition) is 6. The van der Waals surface area contributed by atoms with Crippen LogP contribution in [0.3, 0.4) is 0 Å². The first kappa shape index (κ1) is 34.8. The fraction of sp³-hybridized carbons (Fsp3) is 0.486. The van der Waals surface area contributed by atoms with E-state index in [1.807, 2.05) is 78.8 Å². The fourth-order valence-corrected chi connectivity index (χ4v) is 5.94. The molecule has 0 saturated carbocycles. The van der Waals surface area contributed by atoms with Gasteiger partial charge in [-0.3, -0.25) is 4.79 Å². The Balaban J connectivity index is 1.70. The van der Waals surface area contributed by atoms with E-state index in [1.54, 1.807) is 23.1 Å². The third kappa shape index (κ3) is 8.20. The zero-order chi connectivity index (χ0) is 33.8.